The lowest BCUT2D eigenvalue weighted by Gasteiger charge is -2.10. The number of halogens is 1. The number of aliphatic carboxylic acids is 1. The predicted octanol–water partition coefficient (Wildman–Crippen LogP) is 2.27. The van der Waals surface area contributed by atoms with Gasteiger partial charge < -0.3 is 10.4 Å². The smallest absolute Gasteiger partial charge is 0.306 e. The molecule has 1 fully saturated rings. The number of carbonyl (C=O) groups is 2. The number of carboxylic acids is 1. The highest BCUT2D eigenvalue weighted by molar-refractivity contribution is 5.93. The highest BCUT2D eigenvalue weighted by Crippen LogP contribution is 2.31. The molecule has 0 saturated heterocycles. The maximum atomic E-state index is 12.7. The number of amides is 1. The molecule has 1 aromatic carbocycles. The molecule has 0 bridgehead atoms. The zero-order chi connectivity index (χ0) is 13.1. The van der Waals surface area contributed by atoms with Gasteiger partial charge in [-0.25, -0.2) is 4.39 Å². The molecule has 5 heteroatoms. The molecule has 4 nitrogen and oxygen atoms in total. The van der Waals surface area contributed by atoms with Gasteiger partial charge in [0, 0.05) is 11.6 Å². The highest BCUT2D eigenvalue weighted by Gasteiger charge is 2.33. The topological polar surface area (TPSA) is 66.4 Å². The molecule has 2 rings (SSSR count). The second kappa shape index (κ2) is 5.16. The van der Waals surface area contributed by atoms with Crippen LogP contribution in [-0.2, 0) is 9.59 Å². The van der Waals surface area contributed by atoms with Crippen LogP contribution in [0, 0.1) is 17.7 Å². The summed E-state index contributed by atoms with van der Waals surface area (Å²) in [5.41, 5.74) is 0.528. The first-order valence-electron chi connectivity index (χ1n) is 5.85. The van der Waals surface area contributed by atoms with Crippen LogP contribution in [0.1, 0.15) is 19.3 Å². The van der Waals surface area contributed by atoms with Gasteiger partial charge in [0.1, 0.15) is 5.82 Å². The standard InChI is InChI=1S/C13H14FNO3/c14-10-3-5-11(6-4-10)15-12(16)8-1-2-9(7-8)13(17)18/h3-6,8-9H,1-2,7H2,(H,15,16)(H,17,18). The molecule has 1 aliphatic carbocycles. The van der Waals surface area contributed by atoms with Crippen LogP contribution in [0.2, 0.25) is 0 Å². The summed E-state index contributed by atoms with van der Waals surface area (Å²) >= 11 is 0. The van der Waals surface area contributed by atoms with E-state index in [1.165, 1.54) is 24.3 Å². The average molecular weight is 251 g/mol. The molecule has 96 valence electrons. The summed E-state index contributed by atoms with van der Waals surface area (Å²) in [5, 5.41) is 11.5. The summed E-state index contributed by atoms with van der Waals surface area (Å²) in [4.78, 5) is 22.7. The Bertz CT molecular complexity index is 458. The van der Waals surface area contributed by atoms with E-state index in [4.69, 9.17) is 5.11 Å². The Morgan fingerprint density at radius 3 is 2.33 bits per heavy atom. The number of carbonyl (C=O) groups excluding carboxylic acids is 1. The van der Waals surface area contributed by atoms with Gasteiger partial charge in [-0.1, -0.05) is 0 Å². The van der Waals surface area contributed by atoms with E-state index in [1.807, 2.05) is 0 Å². The van der Waals surface area contributed by atoms with E-state index in [9.17, 15) is 14.0 Å². The molecule has 0 aromatic heterocycles. The second-order valence-electron chi connectivity index (χ2n) is 4.54. The number of hydrogen-bond donors (Lipinski definition) is 2. The van der Waals surface area contributed by atoms with Crippen LogP contribution in [0.15, 0.2) is 24.3 Å². The minimum absolute atomic E-state index is 0.189. The molecule has 2 N–H and O–H groups in total. The lowest BCUT2D eigenvalue weighted by molar-refractivity contribution is -0.141. The molecular weight excluding hydrogens is 237 g/mol. The van der Waals surface area contributed by atoms with Crippen molar-refractivity contribution >= 4 is 17.6 Å². The number of benzene rings is 1. The first kappa shape index (κ1) is 12.5. The summed E-state index contributed by atoms with van der Waals surface area (Å²) < 4.78 is 12.7. The third-order valence-corrected chi connectivity index (χ3v) is 3.26. The Kier molecular flexibility index (Phi) is 3.60. The summed E-state index contributed by atoms with van der Waals surface area (Å²) in [6.45, 7) is 0. The molecular formula is C13H14FNO3. The summed E-state index contributed by atoms with van der Waals surface area (Å²) in [6.07, 6.45) is 1.50. The minimum Gasteiger partial charge on any atom is -0.481 e. The second-order valence-corrected chi connectivity index (χ2v) is 4.54. The number of nitrogens with one attached hydrogen (secondary N) is 1. The number of hydrogen-bond acceptors (Lipinski definition) is 2. The van der Waals surface area contributed by atoms with Crippen molar-refractivity contribution in [2.24, 2.45) is 11.8 Å². The normalized spacial score (nSPS) is 22.7. The summed E-state index contributed by atoms with van der Waals surface area (Å²) in [6, 6.07) is 5.50. The van der Waals surface area contributed by atoms with Gasteiger partial charge in [0.2, 0.25) is 5.91 Å². The Hall–Kier alpha value is -1.91. The quantitative estimate of drug-likeness (QED) is 0.866. The summed E-state index contributed by atoms with van der Waals surface area (Å²) in [5.74, 6) is -2.08. The van der Waals surface area contributed by atoms with E-state index in [1.54, 1.807) is 0 Å². The van der Waals surface area contributed by atoms with Crippen molar-refractivity contribution in [2.45, 2.75) is 19.3 Å². The molecule has 1 aromatic rings. The molecule has 1 aliphatic rings. The maximum Gasteiger partial charge on any atom is 0.306 e. The van der Waals surface area contributed by atoms with Crippen molar-refractivity contribution in [1.82, 2.24) is 0 Å². The SMILES string of the molecule is O=C(O)C1CCC(C(=O)Nc2ccc(F)cc2)C1. The van der Waals surface area contributed by atoms with E-state index >= 15 is 0 Å². The molecule has 1 saturated carbocycles. The van der Waals surface area contributed by atoms with Crippen LogP contribution < -0.4 is 5.32 Å². The van der Waals surface area contributed by atoms with Gasteiger partial charge in [0.05, 0.1) is 5.92 Å². The van der Waals surface area contributed by atoms with Gasteiger partial charge in [0.15, 0.2) is 0 Å². The molecule has 0 radical (unpaired) electrons. The molecule has 0 heterocycles. The highest BCUT2D eigenvalue weighted by atomic mass is 19.1. The van der Waals surface area contributed by atoms with Gasteiger partial charge in [-0.05, 0) is 43.5 Å². The third-order valence-electron chi connectivity index (χ3n) is 3.26. The van der Waals surface area contributed by atoms with E-state index in [0.29, 0.717) is 24.9 Å². The average Bonchev–Trinajstić information content (AvgIpc) is 2.81. The van der Waals surface area contributed by atoms with Crippen LogP contribution in [0.3, 0.4) is 0 Å². The van der Waals surface area contributed by atoms with E-state index in [-0.39, 0.29) is 17.6 Å². The van der Waals surface area contributed by atoms with Crippen molar-refractivity contribution in [3.8, 4) is 0 Å². The van der Waals surface area contributed by atoms with Gasteiger partial charge in [-0.3, -0.25) is 9.59 Å². The van der Waals surface area contributed by atoms with Crippen LogP contribution >= 0.6 is 0 Å². The Morgan fingerprint density at radius 1 is 1.17 bits per heavy atom. The number of carboxylic acid groups (broad SMARTS) is 1. The fourth-order valence-electron chi connectivity index (χ4n) is 2.22. The first-order chi connectivity index (χ1) is 8.56. The zero-order valence-electron chi connectivity index (χ0n) is 9.73. The van der Waals surface area contributed by atoms with E-state index in [0.717, 1.165) is 0 Å². The molecule has 18 heavy (non-hydrogen) atoms. The van der Waals surface area contributed by atoms with Gasteiger partial charge in [-0.2, -0.15) is 0 Å². The van der Waals surface area contributed by atoms with Crippen molar-refractivity contribution in [3.05, 3.63) is 30.1 Å². The lowest BCUT2D eigenvalue weighted by atomic mass is 10.0. The van der Waals surface area contributed by atoms with Crippen LogP contribution in [0.4, 0.5) is 10.1 Å². The Labute approximate surface area is 104 Å². The maximum absolute atomic E-state index is 12.7. The van der Waals surface area contributed by atoms with Gasteiger partial charge in [0.25, 0.3) is 0 Å². The molecule has 2 atom stereocenters. The largest absolute Gasteiger partial charge is 0.481 e. The third kappa shape index (κ3) is 2.85. The zero-order valence-corrected chi connectivity index (χ0v) is 9.73. The van der Waals surface area contributed by atoms with E-state index in [2.05, 4.69) is 5.32 Å². The molecule has 1 amide bonds. The number of rotatable bonds is 3. The van der Waals surface area contributed by atoms with Crippen LogP contribution in [0.5, 0.6) is 0 Å². The Morgan fingerprint density at radius 2 is 1.78 bits per heavy atom. The number of anilines is 1. The van der Waals surface area contributed by atoms with E-state index < -0.39 is 11.9 Å². The van der Waals surface area contributed by atoms with Crippen LogP contribution in [0.25, 0.3) is 0 Å². The molecule has 2 unspecified atom stereocenters. The van der Waals surface area contributed by atoms with Gasteiger partial charge >= 0.3 is 5.97 Å². The minimum atomic E-state index is -0.841. The van der Waals surface area contributed by atoms with Gasteiger partial charge in [-0.15, -0.1) is 0 Å². The van der Waals surface area contributed by atoms with Crippen molar-refractivity contribution in [2.75, 3.05) is 5.32 Å². The first-order valence-corrected chi connectivity index (χ1v) is 5.85. The fourth-order valence-corrected chi connectivity index (χ4v) is 2.22. The van der Waals surface area contributed by atoms with Crippen molar-refractivity contribution < 1.29 is 19.1 Å². The predicted molar refractivity (Wildman–Crippen MR) is 63.5 cm³/mol. The molecule has 0 spiro atoms. The fraction of sp³-hybridized carbons (Fsp3) is 0.385. The van der Waals surface area contributed by atoms with Crippen molar-refractivity contribution in [3.63, 3.8) is 0 Å². The monoisotopic (exact) mass is 251 g/mol. The summed E-state index contributed by atoms with van der Waals surface area (Å²) in [7, 11) is 0. The molecule has 0 aliphatic heterocycles. The Balaban J connectivity index is 1.93. The van der Waals surface area contributed by atoms with Crippen LogP contribution in [-0.4, -0.2) is 17.0 Å². The van der Waals surface area contributed by atoms with Crippen molar-refractivity contribution in [1.29, 1.82) is 0 Å². The lowest BCUT2D eigenvalue weighted by Crippen LogP contribution is -2.21.